The van der Waals surface area contributed by atoms with E-state index in [0.717, 1.165) is 37.2 Å². The Kier molecular flexibility index (Phi) is 10.4. The first kappa shape index (κ1) is 37.2. The number of hydrogen-bond donors (Lipinski definition) is 5. The summed E-state index contributed by atoms with van der Waals surface area (Å²) in [6.45, 7) is 2.02. The second-order valence-electron chi connectivity index (χ2n) is 13.5. The van der Waals surface area contributed by atoms with E-state index < -0.39 is 41.2 Å². The van der Waals surface area contributed by atoms with Crippen LogP contribution in [-0.4, -0.2) is 70.7 Å². The Balaban J connectivity index is 0.942. The molecule has 286 valence electrons. The van der Waals surface area contributed by atoms with Crippen LogP contribution in [0.5, 0.6) is 0 Å². The van der Waals surface area contributed by atoms with Crippen molar-refractivity contribution in [3.8, 4) is 0 Å². The molecule has 4 heterocycles. The number of amides is 4. The van der Waals surface area contributed by atoms with Crippen LogP contribution in [0.1, 0.15) is 63.1 Å². The molecule has 2 fully saturated rings. The minimum atomic E-state index is -4.80. The number of rotatable bonds is 10. The Morgan fingerprint density at radius 1 is 0.982 bits per heavy atom. The van der Waals surface area contributed by atoms with E-state index in [9.17, 15) is 32.3 Å². The molecule has 1 aromatic heterocycles. The standard InChI is InChI=1S/C38H37F4N9O4/c1-43-34(53)27-4-2-3-5-30(27)47-33-28(38(40,41)42)19-45-37(49-33)46-24-7-6-21(29(39)17-24)18-44-23-12-14-50(15-13-23)25-8-9-26-22(16-25)20-51(36(26)55)31-10-11-32(52)48-35(31)54/h2-9,16-17,19,23,31,44H,10-15,18,20H2,1H3,(H,43,53)(H,48,52,54)(H2,45,46,47,49). The Bertz CT molecular complexity index is 2160. The third-order valence-corrected chi connectivity index (χ3v) is 10.0. The molecule has 3 aliphatic heterocycles. The van der Waals surface area contributed by atoms with Gasteiger partial charge in [-0.05, 0) is 67.3 Å². The number of nitrogens with one attached hydrogen (secondary N) is 5. The van der Waals surface area contributed by atoms with E-state index in [4.69, 9.17) is 0 Å². The van der Waals surface area contributed by atoms with Crippen LogP contribution in [-0.2, 0) is 28.9 Å². The lowest BCUT2D eigenvalue weighted by atomic mass is 10.0. The average molecular weight is 760 g/mol. The smallest absolute Gasteiger partial charge is 0.371 e. The van der Waals surface area contributed by atoms with Crippen LogP contribution < -0.4 is 31.5 Å². The zero-order valence-corrected chi connectivity index (χ0v) is 29.6. The summed E-state index contributed by atoms with van der Waals surface area (Å²) in [6, 6.07) is 15.5. The molecule has 3 aliphatic rings. The molecule has 55 heavy (non-hydrogen) atoms. The summed E-state index contributed by atoms with van der Waals surface area (Å²) < 4.78 is 56.9. The summed E-state index contributed by atoms with van der Waals surface area (Å²) in [5, 5.41) is 13.6. The summed E-state index contributed by atoms with van der Waals surface area (Å²) in [7, 11) is 1.41. The molecule has 0 bridgehead atoms. The van der Waals surface area contributed by atoms with Crippen molar-refractivity contribution in [3.63, 3.8) is 0 Å². The van der Waals surface area contributed by atoms with Crippen molar-refractivity contribution in [1.82, 2.24) is 30.8 Å². The molecule has 4 amide bonds. The van der Waals surface area contributed by atoms with E-state index in [0.29, 0.717) is 30.3 Å². The molecule has 17 heteroatoms. The summed E-state index contributed by atoms with van der Waals surface area (Å²) in [5.41, 5.74) is 2.06. The first-order valence-electron chi connectivity index (χ1n) is 17.7. The van der Waals surface area contributed by atoms with Gasteiger partial charge in [-0.3, -0.25) is 24.5 Å². The fraction of sp³-hybridized carbons (Fsp3) is 0.316. The van der Waals surface area contributed by atoms with Crippen molar-refractivity contribution in [1.29, 1.82) is 0 Å². The van der Waals surface area contributed by atoms with Crippen molar-refractivity contribution < 1.29 is 36.7 Å². The van der Waals surface area contributed by atoms with Gasteiger partial charge in [0.15, 0.2) is 0 Å². The average Bonchev–Trinajstić information content (AvgIpc) is 3.49. The van der Waals surface area contributed by atoms with Gasteiger partial charge in [0, 0.05) is 74.4 Å². The van der Waals surface area contributed by atoms with Crippen LogP contribution >= 0.6 is 0 Å². The van der Waals surface area contributed by atoms with Crippen molar-refractivity contribution >= 4 is 52.5 Å². The van der Waals surface area contributed by atoms with Gasteiger partial charge in [0.25, 0.3) is 11.8 Å². The Morgan fingerprint density at radius 3 is 2.49 bits per heavy atom. The number of piperidine rings is 2. The van der Waals surface area contributed by atoms with Gasteiger partial charge in [-0.25, -0.2) is 9.37 Å². The van der Waals surface area contributed by atoms with E-state index in [1.807, 2.05) is 12.1 Å². The molecule has 0 spiro atoms. The second-order valence-corrected chi connectivity index (χ2v) is 13.5. The molecule has 0 saturated carbocycles. The first-order chi connectivity index (χ1) is 26.4. The number of carbonyl (C=O) groups is 4. The third kappa shape index (κ3) is 8.06. The maximum Gasteiger partial charge on any atom is 0.421 e. The van der Waals surface area contributed by atoms with Gasteiger partial charge in [-0.2, -0.15) is 18.2 Å². The van der Waals surface area contributed by atoms with E-state index in [1.54, 1.807) is 30.3 Å². The fourth-order valence-corrected chi connectivity index (χ4v) is 7.05. The molecular weight excluding hydrogens is 722 g/mol. The number of benzene rings is 3. The van der Waals surface area contributed by atoms with Gasteiger partial charge in [-0.15, -0.1) is 0 Å². The number of halogens is 4. The molecule has 1 atom stereocenters. The SMILES string of the molecule is CNC(=O)c1ccccc1Nc1nc(Nc2ccc(CNC3CCN(c4ccc5c(c4)CN(C4CCC(=O)NC4=O)C5=O)CC3)c(F)c2)ncc1C(F)(F)F. The Labute approximate surface area is 312 Å². The van der Waals surface area contributed by atoms with Crippen molar-refractivity contribution in [2.75, 3.05) is 35.7 Å². The topological polar surface area (TPSA) is 161 Å². The summed E-state index contributed by atoms with van der Waals surface area (Å²) in [5.74, 6) is -2.83. The lowest BCUT2D eigenvalue weighted by Crippen LogP contribution is -2.52. The minimum Gasteiger partial charge on any atom is -0.371 e. The minimum absolute atomic E-state index is 0.103. The molecule has 0 aliphatic carbocycles. The van der Waals surface area contributed by atoms with E-state index in [1.165, 1.54) is 30.1 Å². The number of carbonyl (C=O) groups excluding carboxylic acids is 4. The van der Waals surface area contributed by atoms with Gasteiger partial charge in [-0.1, -0.05) is 18.2 Å². The number of imide groups is 1. The zero-order valence-electron chi connectivity index (χ0n) is 29.6. The van der Waals surface area contributed by atoms with E-state index in [2.05, 4.69) is 41.5 Å². The maximum atomic E-state index is 15.3. The molecule has 3 aromatic carbocycles. The van der Waals surface area contributed by atoms with Crippen LogP contribution in [0, 0.1) is 5.82 Å². The van der Waals surface area contributed by atoms with Gasteiger partial charge < -0.3 is 31.1 Å². The molecule has 5 N–H and O–H groups in total. The lowest BCUT2D eigenvalue weighted by Gasteiger charge is -2.34. The van der Waals surface area contributed by atoms with Crippen LogP contribution in [0.4, 0.5) is 46.4 Å². The predicted molar refractivity (Wildman–Crippen MR) is 194 cm³/mol. The zero-order chi connectivity index (χ0) is 38.9. The summed E-state index contributed by atoms with van der Waals surface area (Å²) in [4.78, 5) is 60.9. The number of alkyl halides is 3. The molecule has 2 saturated heterocycles. The molecule has 13 nitrogen and oxygen atoms in total. The highest BCUT2D eigenvalue weighted by Crippen LogP contribution is 2.36. The highest BCUT2D eigenvalue weighted by atomic mass is 19.4. The second kappa shape index (κ2) is 15.3. The molecule has 4 aromatic rings. The summed E-state index contributed by atoms with van der Waals surface area (Å²) in [6.07, 6.45) is -2.11. The van der Waals surface area contributed by atoms with Gasteiger partial charge >= 0.3 is 6.18 Å². The highest BCUT2D eigenvalue weighted by molar-refractivity contribution is 6.05. The fourth-order valence-electron chi connectivity index (χ4n) is 7.05. The Hall–Kier alpha value is -6.10. The number of nitrogens with zero attached hydrogens (tertiary/aromatic N) is 4. The van der Waals surface area contributed by atoms with Crippen molar-refractivity contribution in [2.24, 2.45) is 0 Å². The highest BCUT2D eigenvalue weighted by Gasteiger charge is 2.39. The predicted octanol–water partition coefficient (Wildman–Crippen LogP) is 5.00. The number of anilines is 5. The molecule has 1 unspecified atom stereocenters. The van der Waals surface area contributed by atoms with Crippen LogP contribution in [0.15, 0.2) is 66.9 Å². The maximum absolute atomic E-state index is 15.3. The monoisotopic (exact) mass is 759 g/mol. The number of para-hydroxylation sites is 1. The number of aromatic nitrogens is 2. The lowest BCUT2D eigenvalue weighted by molar-refractivity contribution is -0.138. The van der Waals surface area contributed by atoms with Crippen LogP contribution in [0.2, 0.25) is 0 Å². The molecule has 7 rings (SSSR count). The summed E-state index contributed by atoms with van der Waals surface area (Å²) >= 11 is 0. The number of hydrogen-bond acceptors (Lipinski definition) is 10. The van der Waals surface area contributed by atoms with E-state index in [-0.39, 0.29) is 53.7 Å². The number of fused-ring (bicyclic) bond motifs is 1. The Morgan fingerprint density at radius 2 is 1.76 bits per heavy atom. The van der Waals surface area contributed by atoms with Crippen LogP contribution in [0.3, 0.4) is 0 Å². The van der Waals surface area contributed by atoms with Gasteiger partial charge in [0.05, 0.1) is 11.3 Å². The van der Waals surface area contributed by atoms with Gasteiger partial charge in [0.2, 0.25) is 17.8 Å². The quantitative estimate of drug-likeness (QED) is 0.110. The van der Waals surface area contributed by atoms with Gasteiger partial charge in [0.1, 0.15) is 23.2 Å². The first-order valence-corrected chi connectivity index (χ1v) is 17.7. The largest absolute Gasteiger partial charge is 0.421 e. The molecule has 0 radical (unpaired) electrons. The third-order valence-electron chi connectivity index (χ3n) is 10.0. The van der Waals surface area contributed by atoms with Crippen molar-refractivity contribution in [2.45, 2.75) is 57.0 Å². The van der Waals surface area contributed by atoms with Crippen LogP contribution in [0.25, 0.3) is 0 Å². The van der Waals surface area contributed by atoms with Crippen molar-refractivity contribution in [3.05, 3.63) is 100 Å². The normalized spacial score (nSPS) is 17.5. The molecular formula is C38H37F4N9O4. The van der Waals surface area contributed by atoms with E-state index >= 15 is 4.39 Å².